The van der Waals surface area contributed by atoms with Crippen molar-refractivity contribution in [3.8, 4) is 0 Å². The zero-order chi connectivity index (χ0) is 13.2. The number of aryl methyl sites for hydroxylation is 2. The number of benzene rings is 2. The van der Waals surface area contributed by atoms with Crippen LogP contribution in [0.3, 0.4) is 0 Å². The van der Waals surface area contributed by atoms with Crippen LogP contribution >= 0.6 is 11.8 Å². The van der Waals surface area contributed by atoms with Gasteiger partial charge in [0.05, 0.1) is 0 Å². The Balaban J connectivity index is 2.20. The SMILES string of the molecule is Cc1ccc(SC(F)(F)c2ccc(C)cc2)cc1. The van der Waals surface area contributed by atoms with E-state index in [1.54, 1.807) is 24.3 Å². The number of alkyl halides is 2. The zero-order valence-corrected chi connectivity index (χ0v) is 11.1. The van der Waals surface area contributed by atoms with E-state index >= 15 is 0 Å². The summed E-state index contributed by atoms with van der Waals surface area (Å²) < 4.78 is 28.1. The lowest BCUT2D eigenvalue weighted by atomic mass is 10.2. The summed E-state index contributed by atoms with van der Waals surface area (Å²) in [4.78, 5) is 0.575. The van der Waals surface area contributed by atoms with Gasteiger partial charge in [-0.2, -0.15) is 8.78 Å². The highest BCUT2D eigenvalue weighted by Crippen LogP contribution is 2.44. The van der Waals surface area contributed by atoms with Crippen LogP contribution in [0.1, 0.15) is 16.7 Å². The molecule has 94 valence electrons. The largest absolute Gasteiger partial charge is 0.323 e. The Morgan fingerprint density at radius 2 is 1.22 bits per heavy atom. The number of rotatable bonds is 3. The molecule has 0 aliphatic rings. The predicted octanol–water partition coefficient (Wildman–Crippen LogP) is 5.15. The van der Waals surface area contributed by atoms with Gasteiger partial charge in [-0.05, 0) is 37.7 Å². The molecule has 0 bridgehead atoms. The molecule has 18 heavy (non-hydrogen) atoms. The standard InChI is InChI=1S/C15H14F2S/c1-11-3-7-13(8-4-11)15(16,17)18-14-9-5-12(2)6-10-14/h3-10H,1-2H3. The molecular formula is C15H14F2S. The van der Waals surface area contributed by atoms with Gasteiger partial charge >= 0.3 is 5.25 Å². The number of thioether (sulfide) groups is 1. The fourth-order valence-electron chi connectivity index (χ4n) is 1.56. The molecule has 0 aliphatic heterocycles. The van der Waals surface area contributed by atoms with Crippen LogP contribution in [-0.4, -0.2) is 0 Å². The predicted molar refractivity (Wildman–Crippen MR) is 72.1 cm³/mol. The van der Waals surface area contributed by atoms with Gasteiger partial charge in [-0.25, -0.2) is 0 Å². The Labute approximate surface area is 110 Å². The van der Waals surface area contributed by atoms with E-state index in [4.69, 9.17) is 0 Å². The van der Waals surface area contributed by atoms with Crippen molar-refractivity contribution in [2.24, 2.45) is 0 Å². The summed E-state index contributed by atoms with van der Waals surface area (Å²) in [5.41, 5.74) is 2.09. The summed E-state index contributed by atoms with van der Waals surface area (Å²) in [6.07, 6.45) is 0. The van der Waals surface area contributed by atoms with E-state index < -0.39 is 5.25 Å². The van der Waals surface area contributed by atoms with Crippen LogP contribution in [0.5, 0.6) is 0 Å². The molecule has 0 fully saturated rings. The highest BCUT2D eigenvalue weighted by atomic mass is 32.2. The first-order valence-electron chi connectivity index (χ1n) is 5.68. The summed E-state index contributed by atoms with van der Waals surface area (Å²) in [7, 11) is 0. The van der Waals surface area contributed by atoms with Gasteiger partial charge < -0.3 is 0 Å². The quantitative estimate of drug-likeness (QED) is 0.691. The Bertz CT molecular complexity index is 515. The fraction of sp³-hybridized carbons (Fsp3) is 0.200. The van der Waals surface area contributed by atoms with E-state index in [1.165, 1.54) is 12.1 Å². The van der Waals surface area contributed by atoms with Crippen molar-refractivity contribution in [1.29, 1.82) is 0 Å². The van der Waals surface area contributed by atoms with E-state index in [0.717, 1.165) is 11.1 Å². The molecule has 0 aliphatic carbocycles. The second kappa shape index (κ2) is 5.11. The summed E-state index contributed by atoms with van der Waals surface area (Å²) in [6.45, 7) is 3.82. The van der Waals surface area contributed by atoms with Gasteiger partial charge in [0.2, 0.25) is 0 Å². The van der Waals surface area contributed by atoms with Crippen molar-refractivity contribution >= 4 is 11.8 Å². The Hall–Kier alpha value is -1.35. The maximum absolute atomic E-state index is 14.0. The average Bonchev–Trinajstić information content (AvgIpc) is 2.32. The van der Waals surface area contributed by atoms with Crippen LogP contribution in [0.2, 0.25) is 0 Å². The van der Waals surface area contributed by atoms with Gasteiger partial charge in [-0.1, -0.05) is 47.5 Å². The van der Waals surface area contributed by atoms with Crippen LogP contribution in [0.25, 0.3) is 0 Å². The van der Waals surface area contributed by atoms with E-state index in [1.807, 2.05) is 26.0 Å². The van der Waals surface area contributed by atoms with Crippen molar-refractivity contribution < 1.29 is 8.78 Å². The second-order valence-corrected chi connectivity index (χ2v) is 5.49. The molecule has 0 heterocycles. The third-order valence-electron chi connectivity index (χ3n) is 2.65. The van der Waals surface area contributed by atoms with Crippen LogP contribution in [0, 0.1) is 13.8 Å². The second-order valence-electron chi connectivity index (χ2n) is 4.30. The molecule has 3 heteroatoms. The topological polar surface area (TPSA) is 0 Å². The molecule has 0 saturated carbocycles. The first-order chi connectivity index (χ1) is 8.47. The van der Waals surface area contributed by atoms with Gasteiger partial charge in [0, 0.05) is 10.5 Å². The lowest BCUT2D eigenvalue weighted by molar-refractivity contribution is 0.105. The van der Waals surface area contributed by atoms with E-state index in [9.17, 15) is 8.78 Å². The van der Waals surface area contributed by atoms with Crippen molar-refractivity contribution in [3.63, 3.8) is 0 Å². The van der Waals surface area contributed by atoms with Crippen LogP contribution in [0.15, 0.2) is 53.4 Å². The maximum atomic E-state index is 14.0. The maximum Gasteiger partial charge on any atom is 0.323 e. The normalized spacial score (nSPS) is 11.6. The first kappa shape index (κ1) is 13.1. The summed E-state index contributed by atoms with van der Waals surface area (Å²) in [5.74, 6) is 0. The van der Waals surface area contributed by atoms with Crippen molar-refractivity contribution in [1.82, 2.24) is 0 Å². The van der Waals surface area contributed by atoms with Gasteiger partial charge in [0.25, 0.3) is 0 Å². The zero-order valence-electron chi connectivity index (χ0n) is 10.3. The molecule has 0 nitrogen and oxygen atoms in total. The minimum atomic E-state index is -2.90. The van der Waals surface area contributed by atoms with Gasteiger partial charge in [0.1, 0.15) is 0 Å². The molecule has 0 unspecified atom stereocenters. The minimum absolute atomic E-state index is 0.0404. The third-order valence-corrected chi connectivity index (χ3v) is 3.65. The first-order valence-corrected chi connectivity index (χ1v) is 6.50. The van der Waals surface area contributed by atoms with Crippen molar-refractivity contribution in [2.45, 2.75) is 24.0 Å². The third kappa shape index (κ3) is 3.10. The molecule has 0 aromatic heterocycles. The molecule has 2 aromatic carbocycles. The van der Waals surface area contributed by atoms with E-state index in [0.29, 0.717) is 16.7 Å². The van der Waals surface area contributed by atoms with Gasteiger partial charge in [0.15, 0.2) is 0 Å². The highest BCUT2D eigenvalue weighted by Gasteiger charge is 2.32. The van der Waals surface area contributed by atoms with Gasteiger partial charge in [-0.3, -0.25) is 0 Å². The summed E-state index contributed by atoms with van der Waals surface area (Å²) in [5, 5.41) is -2.90. The number of halogens is 2. The molecule has 0 saturated heterocycles. The Morgan fingerprint density at radius 1 is 0.778 bits per heavy atom. The molecule has 0 atom stereocenters. The van der Waals surface area contributed by atoms with Crippen molar-refractivity contribution in [3.05, 3.63) is 65.2 Å². The number of hydrogen-bond acceptors (Lipinski definition) is 1. The molecule has 0 N–H and O–H groups in total. The van der Waals surface area contributed by atoms with E-state index in [-0.39, 0.29) is 5.56 Å². The molecule has 2 rings (SSSR count). The molecule has 0 radical (unpaired) electrons. The Kier molecular flexibility index (Phi) is 3.71. The van der Waals surface area contributed by atoms with Crippen LogP contribution in [-0.2, 0) is 5.25 Å². The van der Waals surface area contributed by atoms with E-state index in [2.05, 4.69) is 0 Å². The molecule has 2 aromatic rings. The van der Waals surface area contributed by atoms with Crippen LogP contribution in [0.4, 0.5) is 8.78 Å². The molecular weight excluding hydrogens is 250 g/mol. The smallest absolute Gasteiger partial charge is 0.188 e. The number of hydrogen-bond donors (Lipinski definition) is 0. The highest BCUT2D eigenvalue weighted by molar-refractivity contribution is 8.00. The fourth-order valence-corrected chi connectivity index (χ4v) is 2.38. The summed E-state index contributed by atoms with van der Waals surface area (Å²) in [6, 6.07) is 13.5. The summed E-state index contributed by atoms with van der Waals surface area (Å²) >= 11 is 0.580. The Morgan fingerprint density at radius 3 is 1.72 bits per heavy atom. The lowest BCUT2D eigenvalue weighted by Crippen LogP contribution is -2.07. The monoisotopic (exact) mass is 264 g/mol. The average molecular weight is 264 g/mol. The lowest BCUT2D eigenvalue weighted by Gasteiger charge is -2.16. The van der Waals surface area contributed by atoms with Gasteiger partial charge in [-0.15, -0.1) is 0 Å². The molecule has 0 spiro atoms. The molecule has 0 amide bonds. The van der Waals surface area contributed by atoms with Crippen LogP contribution < -0.4 is 0 Å². The van der Waals surface area contributed by atoms with Crippen molar-refractivity contribution in [2.75, 3.05) is 0 Å². The minimum Gasteiger partial charge on any atom is -0.188 e.